The van der Waals surface area contributed by atoms with Crippen LogP contribution in [0.4, 0.5) is 4.39 Å². The van der Waals surface area contributed by atoms with Gasteiger partial charge in [0.15, 0.2) is 0 Å². The predicted molar refractivity (Wildman–Crippen MR) is 117 cm³/mol. The normalized spacial score (nSPS) is 12.6. The molecule has 8 heteroatoms. The zero-order chi connectivity index (χ0) is 21.3. The van der Waals surface area contributed by atoms with Gasteiger partial charge in [-0.1, -0.05) is 83.9 Å². The summed E-state index contributed by atoms with van der Waals surface area (Å²) in [5, 5.41) is 0. The van der Waals surface area contributed by atoms with Gasteiger partial charge in [-0.2, -0.15) is 0 Å². The van der Waals surface area contributed by atoms with Crippen molar-refractivity contribution in [2.45, 2.75) is 17.8 Å². The van der Waals surface area contributed by atoms with E-state index >= 15 is 0 Å². The predicted octanol–water partition coefficient (Wildman–Crippen LogP) is 6.70. The van der Waals surface area contributed by atoms with Gasteiger partial charge in [0.05, 0.1) is 15.8 Å². The zero-order valence-corrected chi connectivity index (χ0v) is 19.5. The molecule has 4 nitrogen and oxygen atoms in total. The molecule has 160 valence electrons. The Hall–Kier alpha value is -1.63. The van der Waals surface area contributed by atoms with E-state index in [2.05, 4.69) is 14.4 Å². The summed E-state index contributed by atoms with van der Waals surface area (Å²) in [4.78, 5) is 0. The largest absolute Gasteiger partial charge is 0.672 e. The van der Waals surface area contributed by atoms with Gasteiger partial charge in [0.25, 0.3) is 0 Å². The van der Waals surface area contributed by atoms with Crippen molar-refractivity contribution in [1.29, 1.82) is 0 Å². The third-order valence-corrected chi connectivity index (χ3v) is 5.40. The molecule has 0 saturated carbocycles. The number of halogens is 2. The van der Waals surface area contributed by atoms with Gasteiger partial charge in [-0.05, 0) is 17.7 Å². The Morgan fingerprint density at radius 1 is 0.867 bits per heavy atom. The van der Waals surface area contributed by atoms with Crippen LogP contribution in [0.5, 0.6) is 0 Å². The van der Waals surface area contributed by atoms with Crippen molar-refractivity contribution >= 4 is 19.7 Å². The third kappa shape index (κ3) is 7.90. The fourth-order valence-corrected chi connectivity index (χ4v) is 4.09. The summed E-state index contributed by atoms with van der Waals surface area (Å²) in [6.45, 7) is 0. The van der Waals surface area contributed by atoms with Crippen molar-refractivity contribution < 1.29 is 30.1 Å². The monoisotopic (exact) mass is 534 g/mol. The molecule has 0 aliphatic heterocycles. The standard InChI is InChI=1S/C21H19FN2O2S.CH3.ClH.Ru/c22-19-13-11-16(12-14-19)15-27(25,26)24-21(18-9-5-2-6-10-18)20(23)17-7-3-1-4-8-17;;;/h1-14,20-21,23H,15H2;1H3;1H;/q-2;-1;;+4/p-1. The van der Waals surface area contributed by atoms with Crippen LogP contribution < -0.4 is 0 Å². The molecule has 0 amide bonds. The maximum atomic E-state index is 13.0. The summed E-state index contributed by atoms with van der Waals surface area (Å²) < 4.78 is 42.4. The Bertz CT molecular complexity index is 975. The van der Waals surface area contributed by atoms with Crippen LogP contribution in [0.25, 0.3) is 10.5 Å². The molecule has 0 fully saturated rings. The average Bonchev–Trinajstić information content (AvgIpc) is 2.76. The first-order valence-corrected chi connectivity index (χ1v) is 12.4. The maximum Gasteiger partial charge on any atom is 0.123 e. The third-order valence-electron chi connectivity index (χ3n) is 4.15. The van der Waals surface area contributed by atoms with Crippen LogP contribution in [0.2, 0.25) is 0 Å². The van der Waals surface area contributed by atoms with E-state index in [-0.39, 0.29) is 13.2 Å². The molecule has 2 unspecified atom stereocenters. The van der Waals surface area contributed by atoms with Crippen molar-refractivity contribution in [3.05, 3.63) is 125 Å². The first-order valence-electron chi connectivity index (χ1n) is 8.58. The molecule has 3 aromatic rings. The Labute approximate surface area is 192 Å². The van der Waals surface area contributed by atoms with Crippen LogP contribution in [-0.2, 0) is 33.1 Å². The molecule has 0 spiro atoms. The first-order chi connectivity index (χ1) is 13.9. The van der Waals surface area contributed by atoms with Crippen LogP contribution in [0, 0.1) is 13.2 Å². The number of sulfonamides is 1. The van der Waals surface area contributed by atoms with Gasteiger partial charge in [-0.15, -0.1) is 12.1 Å². The molecular formula is C22H22ClFN2O2RuS. The summed E-state index contributed by atoms with van der Waals surface area (Å²) in [5.41, 5.74) is 10.4. The quantitative estimate of drug-likeness (QED) is 0.250. The second-order valence-corrected chi connectivity index (χ2v) is 7.87. The van der Waals surface area contributed by atoms with Crippen LogP contribution >= 0.6 is 9.69 Å². The molecule has 2 atom stereocenters. The summed E-state index contributed by atoms with van der Waals surface area (Å²) >= 11 is 1.82. The van der Waals surface area contributed by atoms with E-state index in [9.17, 15) is 12.8 Å². The minimum atomic E-state index is -3.87. The number of hydrogen-bond donors (Lipinski definition) is 0. The minimum Gasteiger partial charge on any atom is -0.672 e. The second kappa shape index (κ2) is 12.9. The molecule has 0 aliphatic rings. The second-order valence-electron chi connectivity index (χ2n) is 6.20. The van der Waals surface area contributed by atoms with Crippen LogP contribution in [0.3, 0.4) is 0 Å². The first kappa shape index (κ1) is 26.4. The van der Waals surface area contributed by atoms with E-state index in [1.165, 1.54) is 24.3 Å². The Morgan fingerprint density at radius 3 is 1.83 bits per heavy atom. The van der Waals surface area contributed by atoms with Crippen LogP contribution in [0.1, 0.15) is 28.8 Å². The number of nitrogens with zero attached hydrogens (tertiary/aromatic N) is 1. The molecular weight excluding hydrogens is 512 g/mol. The van der Waals surface area contributed by atoms with Crippen LogP contribution in [0.15, 0.2) is 84.9 Å². The maximum absolute atomic E-state index is 13.0. The SMILES string of the molecule is [CH3-].[Cl][Ru+3].[NH-]C(c1ccccc1)C([N-]S(=O)(=O)Cc1ccc(F)cc1)c1ccccc1. The molecule has 0 saturated heterocycles. The molecule has 0 bridgehead atoms. The smallest absolute Gasteiger partial charge is 0.123 e. The summed E-state index contributed by atoms with van der Waals surface area (Å²) in [5.74, 6) is -0.761. The zero-order valence-electron chi connectivity index (χ0n) is 16.2. The number of nitrogens with one attached hydrogen (secondary N) is 1. The van der Waals surface area contributed by atoms with Crippen molar-refractivity contribution in [1.82, 2.24) is 0 Å². The van der Waals surface area contributed by atoms with Gasteiger partial charge in [0, 0.05) is 0 Å². The number of benzene rings is 3. The molecule has 0 radical (unpaired) electrons. The Balaban J connectivity index is 0.00000146. The molecule has 0 aliphatic carbocycles. The van der Waals surface area contributed by atoms with Gasteiger partial charge in [0.1, 0.15) is 5.82 Å². The number of hydrogen-bond acceptors (Lipinski definition) is 2. The van der Waals surface area contributed by atoms with Crippen molar-refractivity contribution in [2.24, 2.45) is 0 Å². The fourth-order valence-electron chi connectivity index (χ4n) is 2.81. The van der Waals surface area contributed by atoms with Crippen molar-refractivity contribution in [3.63, 3.8) is 0 Å². The van der Waals surface area contributed by atoms with E-state index in [0.717, 1.165) is 0 Å². The summed E-state index contributed by atoms with van der Waals surface area (Å²) in [7, 11) is 0.704. The summed E-state index contributed by atoms with van der Waals surface area (Å²) in [6.07, 6.45) is 0. The van der Waals surface area contributed by atoms with Crippen molar-refractivity contribution in [2.75, 3.05) is 0 Å². The van der Waals surface area contributed by atoms with E-state index in [4.69, 9.17) is 5.73 Å². The van der Waals surface area contributed by atoms with E-state index < -0.39 is 27.9 Å². The van der Waals surface area contributed by atoms with Gasteiger partial charge in [-0.25, -0.2) is 12.8 Å². The molecule has 1 N–H and O–H groups in total. The van der Waals surface area contributed by atoms with E-state index in [1.54, 1.807) is 36.4 Å². The molecule has 3 aromatic carbocycles. The molecule has 3 rings (SSSR count). The minimum absolute atomic E-state index is 0. The summed E-state index contributed by atoms with van der Waals surface area (Å²) in [6, 6.07) is 21.6. The van der Waals surface area contributed by atoms with Gasteiger partial charge >= 0.3 is 27.0 Å². The van der Waals surface area contributed by atoms with Crippen molar-refractivity contribution in [3.8, 4) is 0 Å². The number of rotatable bonds is 7. The molecule has 0 aromatic heterocycles. The Kier molecular flexibility index (Phi) is 11.4. The fraction of sp³-hybridized carbons (Fsp3) is 0.136. The Morgan fingerprint density at radius 2 is 1.33 bits per heavy atom. The average molecular weight is 534 g/mol. The van der Waals surface area contributed by atoms with Gasteiger partial charge < -0.3 is 17.9 Å². The topological polar surface area (TPSA) is 72.0 Å². The molecule has 0 heterocycles. The van der Waals surface area contributed by atoms with E-state index in [1.807, 2.05) is 41.6 Å². The van der Waals surface area contributed by atoms with Gasteiger partial charge in [0.2, 0.25) is 0 Å². The van der Waals surface area contributed by atoms with Crippen LogP contribution in [-0.4, -0.2) is 8.42 Å². The van der Waals surface area contributed by atoms with Gasteiger partial charge in [-0.3, -0.25) is 0 Å². The van der Waals surface area contributed by atoms with E-state index in [0.29, 0.717) is 16.7 Å². The molecule has 30 heavy (non-hydrogen) atoms.